The highest BCUT2D eigenvalue weighted by atomic mass is 35.7. The summed E-state index contributed by atoms with van der Waals surface area (Å²) in [6, 6.07) is 0.812. The minimum Gasteiger partial charge on any atom is -0.316 e. The lowest BCUT2D eigenvalue weighted by Crippen LogP contribution is -2.30. The maximum Gasteiger partial charge on any atom is 0.471 e. The Labute approximate surface area is 113 Å². The molecule has 11 heteroatoms. The summed E-state index contributed by atoms with van der Waals surface area (Å²) in [6.45, 7) is 0. The van der Waals surface area contributed by atoms with Crippen molar-refractivity contribution in [3.8, 4) is 0 Å². The molecule has 0 spiro atoms. The first-order chi connectivity index (χ1) is 8.43. The van der Waals surface area contributed by atoms with Gasteiger partial charge < -0.3 is 5.32 Å². The quantitative estimate of drug-likeness (QED) is 0.665. The topological polar surface area (TPSA) is 63.2 Å². The maximum atomic E-state index is 13.3. The van der Waals surface area contributed by atoms with Gasteiger partial charge in [0.25, 0.3) is 9.05 Å². The zero-order valence-electron chi connectivity index (χ0n) is 8.56. The van der Waals surface area contributed by atoms with E-state index < -0.39 is 42.6 Å². The lowest BCUT2D eigenvalue weighted by atomic mass is 10.3. The monoisotopic (exact) mass is 339 g/mol. The van der Waals surface area contributed by atoms with Crippen LogP contribution in [0.4, 0.5) is 23.2 Å². The maximum absolute atomic E-state index is 13.3. The summed E-state index contributed by atoms with van der Waals surface area (Å²) in [7, 11) is 0.542. The minimum absolute atomic E-state index is 0.392. The third kappa shape index (κ3) is 3.95. The van der Waals surface area contributed by atoms with Crippen LogP contribution in [0.3, 0.4) is 0 Å². The highest BCUT2D eigenvalue weighted by Crippen LogP contribution is 2.30. The molecule has 19 heavy (non-hydrogen) atoms. The lowest BCUT2D eigenvalue weighted by molar-refractivity contribution is -0.167. The number of carbonyl (C=O) groups excluding carboxylic acids is 1. The van der Waals surface area contributed by atoms with Crippen molar-refractivity contribution in [3.05, 3.63) is 23.0 Å². The van der Waals surface area contributed by atoms with E-state index in [4.69, 9.17) is 22.3 Å². The average Bonchev–Trinajstić information content (AvgIpc) is 2.18. The number of anilines is 1. The Morgan fingerprint density at radius 2 is 1.79 bits per heavy atom. The number of benzene rings is 1. The van der Waals surface area contributed by atoms with Gasteiger partial charge in [0.05, 0.1) is 10.7 Å². The molecule has 0 saturated carbocycles. The van der Waals surface area contributed by atoms with Crippen LogP contribution < -0.4 is 5.32 Å². The van der Waals surface area contributed by atoms with Gasteiger partial charge in [-0.15, -0.1) is 0 Å². The molecular formula is C8H3Cl2F4NO3S. The fraction of sp³-hybridized carbons (Fsp3) is 0.125. The minimum atomic E-state index is -5.26. The van der Waals surface area contributed by atoms with Crippen molar-refractivity contribution in [2.45, 2.75) is 11.1 Å². The largest absolute Gasteiger partial charge is 0.471 e. The summed E-state index contributed by atoms with van der Waals surface area (Å²) >= 11 is 5.37. The molecule has 0 unspecified atom stereocenters. The van der Waals surface area contributed by atoms with E-state index in [0.717, 1.165) is 0 Å². The number of nitrogens with one attached hydrogen (secondary N) is 1. The van der Waals surface area contributed by atoms with Crippen LogP contribution in [-0.2, 0) is 13.8 Å². The summed E-state index contributed by atoms with van der Waals surface area (Å²) in [5.41, 5.74) is -1.01. The highest BCUT2D eigenvalue weighted by molar-refractivity contribution is 8.13. The first-order valence-corrected chi connectivity index (χ1v) is 6.93. The fourth-order valence-corrected chi connectivity index (χ4v) is 2.51. The molecule has 0 atom stereocenters. The van der Waals surface area contributed by atoms with Crippen molar-refractivity contribution >= 4 is 42.9 Å². The Morgan fingerprint density at radius 3 is 2.21 bits per heavy atom. The van der Waals surface area contributed by atoms with E-state index in [1.807, 2.05) is 0 Å². The van der Waals surface area contributed by atoms with E-state index >= 15 is 0 Å². The zero-order chi connectivity index (χ0) is 15.0. The fourth-order valence-electron chi connectivity index (χ4n) is 1.00. The van der Waals surface area contributed by atoms with Gasteiger partial charge in [0, 0.05) is 10.7 Å². The number of rotatable bonds is 2. The van der Waals surface area contributed by atoms with Gasteiger partial charge in [-0.25, -0.2) is 12.8 Å². The summed E-state index contributed by atoms with van der Waals surface area (Å²) < 4.78 is 71.2. The number of hydrogen-bond donors (Lipinski definition) is 1. The summed E-state index contributed by atoms with van der Waals surface area (Å²) in [5.74, 6) is -3.81. The number of amides is 1. The molecule has 1 N–H and O–H groups in total. The molecule has 4 nitrogen and oxygen atoms in total. The number of alkyl halides is 3. The second kappa shape index (κ2) is 5.14. The number of hydrogen-bond acceptors (Lipinski definition) is 3. The molecule has 0 bridgehead atoms. The van der Waals surface area contributed by atoms with Crippen LogP contribution in [-0.4, -0.2) is 20.5 Å². The molecule has 0 fully saturated rings. The molecule has 1 rings (SSSR count). The first kappa shape index (κ1) is 16.0. The number of carbonyl (C=O) groups is 1. The Kier molecular flexibility index (Phi) is 4.33. The predicted octanol–water partition coefficient (Wildman–Crippen LogP) is 2.91. The Morgan fingerprint density at radius 1 is 1.26 bits per heavy atom. The molecule has 0 heterocycles. The van der Waals surface area contributed by atoms with Gasteiger partial charge in [-0.2, -0.15) is 13.2 Å². The molecule has 1 amide bonds. The van der Waals surface area contributed by atoms with Crippen molar-refractivity contribution in [3.63, 3.8) is 0 Å². The summed E-state index contributed by atoms with van der Waals surface area (Å²) in [5, 5.41) is 0.542. The van der Waals surface area contributed by atoms with Gasteiger partial charge in [0.15, 0.2) is 0 Å². The van der Waals surface area contributed by atoms with Gasteiger partial charge in [-0.05, 0) is 12.1 Å². The summed E-state index contributed by atoms with van der Waals surface area (Å²) in [6.07, 6.45) is -5.26. The van der Waals surface area contributed by atoms with Crippen LogP contribution >= 0.6 is 22.3 Å². The molecule has 1 aromatic rings. The third-order valence-electron chi connectivity index (χ3n) is 1.79. The first-order valence-electron chi connectivity index (χ1n) is 4.25. The van der Waals surface area contributed by atoms with E-state index in [0.29, 0.717) is 12.1 Å². The molecule has 0 aromatic heterocycles. The van der Waals surface area contributed by atoms with Crippen molar-refractivity contribution in [1.29, 1.82) is 0 Å². The van der Waals surface area contributed by atoms with Crippen molar-refractivity contribution in [2.24, 2.45) is 0 Å². The molecular weight excluding hydrogens is 337 g/mol. The van der Waals surface area contributed by atoms with Crippen LogP contribution in [0, 0.1) is 5.82 Å². The third-order valence-corrected chi connectivity index (χ3v) is 3.58. The molecule has 0 aliphatic rings. The normalized spacial score (nSPS) is 12.3. The van der Waals surface area contributed by atoms with Gasteiger partial charge >= 0.3 is 12.1 Å². The van der Waals surface area contributed by atoms with Crippen molar-refractivity contribution < 1.29 is 30.8 Å². The smallest absolute Gasteiger partial charge is 0.316 e. The van der Waals surface area contributed by atoms with Crippen molar-refractivity contribution in [2.75, 3.05) is 5.32 Å². The molecule has 106 valence electrons. The van der Waals surface area contributed by atoms with E-state index in [1.165, 1.54) is 5.32 Å². The zero-order valence-corrected chi connectivity index (χ0v) is 10.9. The number of halogens is 6. The summed E-state index contributed by atoms with van der Waals surface area (Å²) in [4.78, 5) is 9.79. The van der Waals surface area contributed by atoms with Crippen LogP contribution in [0.1, 0.15) is 0 Å². The second-order valence-electron chi connectivity index (χ2n) is 3.15. The predicted molar refractivity (Wildman–Crippen MR) is 59.1 cm³/mol. The van der Waals surface area contributed by atoms with E-state index in [9.17, 15) is 30.8 Å². The van der Waals surface area contributed by atoms with E-state index in [-0.39, 0.29) is 0 Å². The van der Waals surface area contributed by atoms with Crippen LogP contribution in [0.5, 0.6) is 0 Å². The Hall–Kier alpha value is -1.06. The van der Waals surface area contributed by atoms with Gasteiger partial charge in [0.2, 0.25) is 0 Å². The van der Waals surface area contributed by atoms with Gasteiger partial charge in [-0.1, -0.05) is 11.6 Å². The standard InChI is InChI=1S/C8H3Cl2F4NO3S/c9-3-1-4(11)5(2-6(3)19(10,17)18)15-7(16)8(12,13)14/h1-2H,(H,15,16). The molecule has 1 aromatic carbocycles. The molecule has 0 radical (unpaired) electrons. The Balaban J connectivity index is 3.28. The van der Waals surface area contributed by atoms with E-state index in [1.54, 1.807) is 0 Å². The molecule has 0 saturated heterocycles. The van der Waals surface area contributed by atoms with Crippen molar-refractivity contribution in [1.82, 2.24) is 0 Å². The molecule has 0 aliphatic carbocycles. The molecule has 0 aliphatic heterocycles. The second-order valence-corrected chi connectivity index (χ2v) is 6.09. The van der Waals surface area contributed by atoms with Crippen LogP contribution in [0.2, 0.25) is 5.02 Å². The lowest BCUT2D eigenvalue weighted by Gasteiger charge is -2.10. The average molecular weight is 340 g/mol. The van der Waals surface area contributed by atoms with Gasteiger partial charge in [-0.3, -0.25) is 4.79 Å². The Bertz CT molecular complexity index is 630. The van der Waals surface area contributed by atoms with Gasteiger partial charge in [0.1, 0.15) is 10.7 Å². The van der Waals surface area contributed by atoms with Crippen LogP contribution in [0.25, 0.3) is 0 Å². The van der Waals surface area contributed by atoms with E-state index in [2.05, 4.69) is 0 Å². The SMILES string of the molecule is O=C(Nc1cc(S(=O)(=O)Cl)c(Cl)cc1F)C(F)(F)F. The highest BCUT2D eigenvalue weighted by Gasteiger charge is 2.39. The van der Waals surface area contributed by atoms with Crippen LogP contribution in [0.15, 0.2) is 17.0 Å².